The highest BCUT2D eigenvalue weighted by Gasteiger charge is 2.06. The van der Waals surface area contributed by atoms with E-state index in [0.717, 1.165) is 21.1 Å². The van der Waals surface area contributed by atoms with Crippen molar-refractivity contribution in [2.45, 2.75) is 10.9 Å². The Bertz CT molecular complexity index is 515. The maximum Gasteiger partial charge on any atom is 0.191 e. The monoisotopic (exact) mass is 313 g/mol. The number of rotatable bonds is 4. The first-order chi connectivity index (χ1) is 8.20. The van der Waals surface area contributed by atoms with Crippen LogP contribution in [0.5, 0.6) is 5.75 Å². The fraction of sp³-hybridized carbons (Fsp3) is 0.273. The minimum absolute atomic E-state index is 0.824. The van der Waals surface area contributed by atoms with Gasteiger partial charge in [0.1, 0.15) is 12.1 Å². The van der Waals surface area contributed by atoms with Crippen LogP contribution in [0.25, 0.3) is 0 Å². The highest BCUT2D eigenvalue weighted by atomic mass is 79.9. The molecule has 0 N–H and O–H groups in total. The molecule has 0 radical (unpaired) electrons. The molecule has 2 aromatic rings. The quantitative estimate of drug-likeness (QED) is 0.814. The average molecular weight is 314 g/mol. The van der Waals surface area contributed by atoms with E-state index in [1.54, 1.807) is 25.2 Å². The second-order valence-electron chi connectivity index (χ2n) is 3.47. The summed E-state index contributed by atoms with van der Waals surface area (Å²) >= 11 is 5.17. The Balaban J connectivity index is 2.11. The van der Waals surface area contributed by atoms with Gasteiger partial charge in [0.25, 0.3) is 0 Å². The minimum atomic E-state index is 0.824. The molecule has 1 heterocycles. The summed E-state index contributed by atoms with van der Waals surface area (Å²) in [5.74, 6) is 1.69. The van der Waals surface area contributed by atoms with E-state index in [9.17, 15) is 0 Å². The number of nitrogens with zero attached hydrogens (tertiary/aromatic N) is 3. The molecular formula is C11H12BrN3OS. The van der Waals surface area contributed by atoms with Gasteiger partial charge in [-0.3, -0.25) is 0 Å². The molecule has 1 aromatic carbocycles. The number of hydrogen-bond donors (Lipinski definition) is 0. The van der Waals surface area contributed by atoms with Crippen LogP contribution in [-0.4, -0.2) is 21.9 Å². The van der Waals surface area contributed by atoms with Crippen molar-refractivity contribution >= 4 is 27.7 Å². The molecule has 0 saturated heterocycles. The highest BCUT2D eigenvalue weighted by Crippen LogP contribution is 2.28. The van der Waals surface area contributed by atoms with Crippen LogP contribution in [0.1, 0.15) is 5.56 Å². The van der Waals surface area contributed by atoms with Crippen molar-refractivity contribution in [1.29, 1.82) is 0 Å². The fourth-order valence-electron chi connectivity index (χ4n) is 1.33. The minimum Gasteiger partial charge on any atom is -0.497 e. The van der Waals surface area contributed by atoms with E-state index >= 15 is 0 Å². The smallest absolute Gasteiger partial charge is 0.191 e. The molecule has 2 rings (SSSR count). The second-order valence-corrected chi connectivity index (χ2v) is 5.27. The Hall–Kier alpha value is -1.01. The predicted octanol–water partition coefficient (Wildman–Crippen LogP) is 2.88. The van der Waals surface area contributed by atoms with Gasteiger partial charge in [-0.1, -0.05) is 27.7 Å². The molecule has 6 heteroatoms. The molecule has 0 aliphatic heterocycles. The molecule has 0 aliphatic carbocycles. The molecule has 0 bridgehead atoms. The van der Waals surface area contributed by atoms with Crippen molar-refractivity contribution in [3.8, 4) is 5.75 Å². The Kier molecular flexibility index (Phi) is 4.06. The lowest BCUT2D eigenvalue weighted by Crippen LogP contribution is -1.91. The van der Waals surface area contributed by atoms with Gasteiger partial charge in [0.05, 0.1) is 7.11 Å². The first-order valence-electron chi connectivity index (χ1n) is 5.00. The Morgan fingerprint density at radius 1 is 1.47 bits per heavy atom. The van der Waals surface area contributed by atoms with Gasteiger partial charge in [0.2, 0.25) is 0 Å². The third kappa shape index (κ3) is 3.01. The lowest BCUT2D eigenvalue weighted by Gasteiger charge is -2.06. The standard InChI is InChI=1S/C11H12BrN3OS/c1-15-7-13-14-11(15)17-6-8-5-9(16-2)3-4-10(8)12/h3-5,7H,6H2,1-2H3. The van der Waals surface area contributed by atoms with E-state index in [2.05, 4.69) is 26.1 Å². The van der Waals surface area contributed by atoms with E-state index < -0.39 is 0 Å². The highest BCUT2D eigenvalue weighted by molar-refractivity contribution is 9.10. The number of halogens is 1. The van der Waals surface area contributed by atoms with E-state index in [1.807, 2.05) is 29.8 Å². The normalized spacial score (nSPS) is 10.5. The SMILES string of the molecule is COc1ccc(Br)c(CSc2nncn2C)c1. The maximum absolute atomic E-state index is 5.21. The Labute approximate surface area is 113 Å². The van der Waals surface area contributed by atoms with Crippen LogP contribution < -0.4 is 4.74 Å². The van der Waals surface area contributed by atoms with Gasteiger partial charge in [0.15, 0.2) is 5.16 Å². The van der Waals surface area contributed by atoms with Gasteiger partial charge >= 0.3 is 0 Å². The number of benzene rings is 1. The number of aryl methyl sites for hydroxylation is 1. The van der Waals surface area contributed by atoms with Crippen LogP contribution in [-0.2, 0) is 12.8 Å². The molecular weight excluding hydrogens is 302 g/mol. The zero-order valence-corrected chi connectivity index (χ0v) is 12.0. The first-order valence-corrected chi connectivity index (χ1v) is 6.78. The lowest BCUT2D eigenvalue weighted by molar-refractivity contribution is 0.414. The Morgan fingerprint density at radius 2 is 2.29 bits per heavy atom. The topological polar surface area (TPSA) is 39.9 Å². The molecule has 0 atom stereocenters. The molecule has 17 heavy (non-hydrogen) atoms. The molecule has 0 amide bonds. The van der Waals surface area contributed by atoms with Crippen LogP contribution in [0.15, 0.2) is 34.2 Å². The summed E-state index contributed by atoms with van der Waals surface area (Å²) in [4.78, 5) is 0. The van der Waals surface area contributed by atoms with Crippen LogP contribution in [0.3, 0.4) is 0 Å². The zero-order chi connectivity index (χ0) is 12.3. The van der Waals surface area contributed by atoms with Gasteiger partial charge in [-0.15, -0.1) is 10.2 Å². The molecule has 0 unspecified atom stereocenters. The Morgan fingerprint density at radius 3 is 2.94 bits per heavy atom. The van der Waals surface area contributed by atoms with Crippen molar-refractivity contribution in [2.75, 3.05) is 7.11 Å². The predicted molar refractivity (Wildman–Crippen MR) is 71.3 cm³/mol. The van der Waals surface area contributed by atoms with Crippen molar-refractivity contribution in [1.82, 2.24) is 14.8 Å². The number of hydrogen-bond acceptors (Lipinski definition) is 4. The molecule has 4 nitrogen and oxygen atoms in total. The summed E-state index contributed by atoms with van der Waals surface area (Å²) < 4.78 is 8.19. The van der Waals surface area contributed by atoms with Crippen LogP contribution >= 0.6 is 27.7 Å². The first kappa shape index (κ1) is 12.4. The summed E-state index contributed by atoms with van der Waals surface area (Å²) in [5, 5.41) is 8.78. The number of ether oxygens (including phenoxy) is 1. The maximum atomic E-state index is 5.21. The van der Waals surface area contributed by atoms with Crippen molar-refractivity contribution in [3.63, 3.8) is 0 Å². The van der Waals surface area contributed by atoms with Crippen LogP contribution in [0.2, 0.25) is 0 Å². The van der Waals surface area contributed by atoms with Gasteiger partial charge < -0.3 is 9.30 Å². The summed E-state index contributed by atoms with van der Waals surface area (Å²) in [6.07, 6.45) is 1.70. The molecule has 0 saturated carbocycles. The van der Waals surface area contributed by atoms with Crippen molar-refractivity contribution < 1.29 is 4.74 Å². The third-order valence-corrected chi connectivity index (χ3v) is 4.14. The van der Waals surface area contributed by atoms with E-state index in [0.29, 0.717) is 0 Å². The van der Waals surface area contributed by atoms with Gasteiger partial charge in [0, 0.05) is 17.3 Å². The largest absolute Gasteiger partial charge is 0.497 e. The summed E-state index contributed by atoms with van der Waals surface area (Å²) in [6.45, 7) is 0. The van der Waals surface area contributed by atoms with E-state index in [1.165, 1.54) is 5.56 Å². The lowest BCUT2D eigenvalue weighted by atomic mass is 10.2. The number of aromatic nitrogens is 3. The summed E-state index contributed by atoms with van der Waals surface area (Å²) in [5.41, 5.74) is 1.18. The number of methoxy groups -OCH3 is 1. The zero-order valence-electron chi connectivity index (χ0n) is 9.55. The van der Waals surface area contributed by atoms with Gasteiger partial charge in [-0.25, -0.2) is 0 Å². The van der Waals surface area contributed by atoms with Crippen LogP contribution in [0.4, 0.5) is 0 Å². The molecule has 0 fully saturated rings. The number of thioether (sulfide) groups is 1. The van der Waals surface area contributed by atoms with Crippen molar-refractivity contribution in [3.05, 3.63) is 34.6 Å². The fourth-order valence-corrected chi connectivity index (χ4v) is 2.79. The molecule has 0 aliphatic rings. The third-order valence-electron chi connectivity index (χ3n) is 2.28. The van der Waals surface area contributed by atoms with E-state index in [4.69, 9.17) is 4.74 Å². The van der Waals surface area contributed by atoms with Crippen LogP contribution in [0, 0.1) is 0 Å². The summed E-state index contributed by atoms with van der Waals surface area (Å²) in [7, 11) is 3.60. The average Bonchev–Trinajstić information content (AvgIpc) is 2.74. The van der Waals surface area contributed by atoms with Gasteiger partial charge in [-0.05, 0) is 23.8 Å². The van der Waals surface area contributed by atoms with Crippen molar-refractivity contribution in [2.24, 2.45) is 7.05 Å². The van der Waals surface area contributed by atoms with E-state index in [-0.39, 0.29) is 0 Å². The molecule has 0 spiro atoms. The second kappa shape index (κ2) is 5.55. The molecule has 90 valence electrons. The van der Waals surface area contributed by atoms with Gasteiger partial charge in [-0.2, -0.15) is 0 Å². The summed E-state index contributed by atoms with van der Waals surface area (Å²) in [6, 6.07) is 5.94. The molecule has 1 aromatic heterocycles.